The molecule has 2 rings (SSSR count). The molecule has 0 atom stereocenters. The molecule has 17 heavy (non-hydrogen) atoms. The molecule has 1 aromatic carbocycles. The van der Waals surface area contributed by atoms with Crippen LogP contribution in [0.3, 0.4) is 0 Å². The average Bonchev–Trinajstić information content (AvgIpc) is 2.72. The lowest BCUT2D eigenvalue weighted by atomic mass is 10.0. The number of oxazole rings is 1. The van der Waals surface area contributed by atoms with Gasteiger partial charge in [0.25, 0.3) is 6.01 Å². The first kappa shape index (κ1) is 12.0. The summed E-state index contributed by atoms with van der Waals surface area (Å²) < 4.78 is 5.50. The number of anilines is 1. The second-order valence-electron chi connectivity index (χ2n) is 4.15. The van der Waals surface area contributed by atoms with Gasteiger partial charge in [-0.2, -0.15) is 4.98 Å². The monoisotopic (exact) mass is 248 g/mol. The van der Waals surface area contributed by atoms with Crippen molar-refractivity contribution < 1.29 is 4.42 Å². The lowest BCUT2D eigenvalue weighted by Gasteiger charge is -2.04. The van der Waals surface area contributed by atoms with E-state index in [9.17, 15) is 0 Å². The van der Waals surface area contributed by atoms with Crippen molar-refractivity contribution in [3.8, 4) is 11.3 Å². The largest absolute Gasteiger partial charge is 0.423 e. The van der Waals surface area contributed by atoms with E-state index in [1.807, 2.05) is 12.1 Å². The molecule has 0 fully saturated rings. The molecule has 0 radical (unpaired) electrons. The van der Waals surface area contributed by atoms with E-state index in [0.29, 0.717) is 5.92 Å². The van der Waals surface area contributed by atoms with E-state index in [0.717, 1.165) is 17.0 Å². The van der Waals surface area contributed by atoms with Crippen molar-refractivity contribution in [2.24, 2.45) is 0 Å². The number of aromatic nitrogens is 1. The predicted octanol–water partition coefficient (Wildman–Crippen LogP) is 3.77. The molecule has 0 saturated heterocycles. The van der Waals surface area contributed by atoms with Gasteiger partial charge in [0, 0.05) is 10.5 Å². The lowest BCUT2D eigenvalue weighted by Crippen LogP contribution is -1.91. The van der Waals surface area contributed by atoms with Crippen molar-refractivity contribution in [3.05, 3.63) is 30.0 Å². The van der Waals surface area contributed by atoms with E-state index in [1.165, 1.54) is 4.90 Å². The van der Waals surface area contributed by atoms with Crippen LogP contribution in [0.15, 0.2) is 33.6 Å². The molecule has 2 N–H and O–H groups in total. The van der Waals surface area contributed by atoms with Crippen molar-refractivity contribution in [2.75, 3.05) is 12.0 Å². The SMILES string of the molecule is CSc1ccc(-c2oc(N)nc2C(C)C)cc1. The van der Waals surface area contributed by atoms with Crippen molar-refractivity contribution in [3.63, 3.8) is 0 Å². The summed E-state index contributed by atoms with van der Waals surface area (Å²) in [5, 5.41) is 0. The number of rotatable bonds is 3. The Morgan fingerprint density at radius 3 is 2.41 bits per heavy atom. The number of hydrogen-bond donors (Lipinski definition) is 1. The van der Waals surface area contributed by atoms with Gasteiger partial charge in [-0.15, -0.1) is 11.8 Å². The Kier molecular flexibility index (Phi) is 3.43. The topological polar surface area (TPSA) is 52.0 Å². The first-order valence-corrected chi connectivity index (χ1v) is 6.75. The normalized spacial score (nSPS) is 11.1. The number of nitrogens with two attached hydrogens (primary N) is 1. The summed E-state index contributed by atoms with van der Waals surface area (Å²) in [6.45, 7) is 4.16. The van der Waals surface area contributed by atoms with Crippen LogP contribution < -0.4 is 5.73 Å². The van der Waals surface area contributed by atoms with E-state index in [4.69, 9.17) is 10.2 Å². The minimum atomic E-state index is 0.234. The van der Waals surface area contributed by atoms with Crippen LogP contribution in [-0.4, -0.2) is 11.2 Å². The van der Waals surface area contributed by atoms with Gasteiger partial charge in [0.2, 0.25) is 0 Å². The fraction of sp³-hybridized carbons (Fsp3) is 0.308. The first-order chi connectivity index (χ1) is 8.11. The molecule has 0 aliphatic rings. The molecule has 0 saturated carbocycles. The fourth-order valence-electron chi connectivity index (χ4n) is 1.69. The van der Waals surface area contributed by atoms with Crippen LogP contribution in [0.4, 0.5) is 6.01 Å². The molecule has 2 aromatic rings. The Balaban J connectivity index is 2.44. The van der Waals surface area contributed by atoms with Crippen LogP contribution in [0.1, 0.15) is 25.5 Å². The molecular weight excluding hydrogens is 232 g/mol. The van der Waals surface area contributed by atoms with Gasteiger partial charge in [-0.25, -0.2) is 0 Å². The Labute approximate surface area is 105 Å². The number of hydrogen-bond acceptors (Lipinski definition) is 4. The maximum absolute atomic E-state index is 5.63. The van der Waals surface area contributed by atoms with Gasteiger partial charge < -0.3 is 10.2 Å². The summed E-state index contributed by atoms with van der Waals surface area (Å²) in [6.07, 6.45) is 2.06. The third-order valence-electron chi connectivity index (χ3n) is 2.57. The van der Waals surface area contributed by atoms with Crippen LogP contribution in [-0.2, 0) is 0 Å². The molecular formula is C13H16N2OS. The van der Waals surface area contributed by atoms with Crippen molar-refractivity contribution in [1.82, 2.24) is 4.98 Å². The summed E-state index contributed by atoms with van der Waals surface area (Å²) in [5.74, 6) is 1.08. The Morgan fingerprint density at radius 2 is 1.88 bits per heavy atom. The highest BCUT2D eigenvalue weighted by Crippen LogP contribution is 2.31. The summed E-state index contributed by atoms with van der Waals surface area (Å²) in [6, 6.07) is 8.46. The highest BCUT2D eigenvalue weighted by Gasteiger charge is 2.16. The minimum absolute atomic E-state index is 0.234. The first-order valence-electron chi connectivity index (χ1n) is 5.52. The smallest absolute Gasteiger partial charge is 0.292 e. The van der Waals surface area contributed by atoms with Crippen molar-refractivity contribution in [2.45, 2.75) is 24.7 Å². The zero-order valence-corrected chi connectivity index (χ0v) is 11.0. The number of benzene rings is 1. The molecule has 0 aliphatic heterocycles. The molecule has 0 amide bonds. The maximum atomic E-state index is 5.63. The third-order valence-corrected chi connectivity index (χ3v) is 3.31. The number of thioether (sulfide) groups is 1. The molecule has 1 aromatic heterocycles. The molecule has 1 heterocycles. The van der Waals surface area contributed by atoms with Crippen LogP contribution in [0, 0.1) is 0 Å². The van der Waals surface area contributed by atoms with E-state index < -0.39 is 0 Å². The minimum Gasteiger partial charge on any atom is -0.423 e. The van der Waals surface area contributed by atoms with E-state index in [1.54, 1.807) is 11.8 Å². The second kappa shape index (κ2) is 4.84. The molecule has 0 spiro atoms. The van der Waals surface area contributed by atoms with E-state index in [-0.39, 0.29) is 6.01 Å². The zero-order valence-electron chi connectivity index (χ0n) is 10.2. The fourth-order valence-corrected chi connectivity index (χ4v) is 2.10. The summed E-state index contributed by atoms with van der Waals surface area (Å²) >= 11 is 1.72. The lowest BCUT2D eigenvalue weighted by molar-refractivity contribution is 0.592. The van der Waals surface area contributed by atoms with Crippen LogP contribution in [0.2, 0.25) is 0 Å². The maximum Gasteiger partial charge on any atom is 0.292 e. The quantitative estimate of drug-likeness (QED) is 0.840. The number of nitrogens with zero attached hydrogens (tertiary/aromatic N) is 1. The van der Waals surface area contributed by atoms with E-state index in [2.05, 4.69) is 37.2 Å². The van der Waals surface area contributed by atoms with Crippen LogP contribution >= 0.6 is 11.8 Å². The van der Waals surface area contributed by atoms with Gasteiger partial charge >= 0.3 is 0 Å². The average molecular weight is 248 g/mol. The van der Waals surface area contributed by atoms with Crippen LogP contribution in [0.5, 0.6) is 0 Å². The van der Waals surface area contributed by atoms with Crippen molar-refractivity contribution in [1.29, 1.82) is 0 Å². The molecule has 0 aliphatic carbocycles. The predicted molar refractivity (Wildman–Crippen MR) is 72.2 cm³/mol. The van der Waals surface area contributed by atoms with E-state index >= 15 is 0 Å². The van der Waals surface area contributed by atoms with Gasteiger partial charge in [0.1, 0.15) is 0 Å². The van der Waals surface area contributed by atoms with Gasteiger partial charge in [-0.3, -0.25) is 0 Å². The third kappa shape index (κ3) is 2.47. The van der Waals surface area contributed by atoms with Crippen molar-refractivity contribution >= 4 is 17.8 Å². The standard InChI is InChI=1S/C13H16N2OS/c1-8(2)11-12(16-13(14)15-11)9-4-6-10(17-3)7-5-9/h4-8H,1-3H3,(H2,14,15). The number of nitrogen functional groups attached to an aromatic ring is 1. The summed E-state index contributed by atoms with van der Waals surface area (Å²) in [4.78, 5) is 5.46. The second-order valence-corrected chi connectivity index (χ2v) is 5.03. The van der Waals surface area contributed by atoms with Gasteiger partial charge in [-0.05, 0) is 24.3 Å². The molecule has 0 bridgehead atoms. The van der Waals surface area contributed by atoms with Gasteiger partial charge in [-0.1, -0.05) is 26.0 Å². The summed E-state index contributed by atoms with van der Waals surface area (Å²) in [7, 11) is 0. The summed E-state index contributed by atoms with van der Waals surface area (Å²) in [5.41, 5.74) is 7.57. The molecule has 3 nitrogen and oxygen atoms in total. The van der Waals surface area contributed by atoms with Crippen LogP contribution in [0.25, 0.3) is 11.3 Å². The molecule has 4 heteroatoms. The Morgan fingerprint density at radius 1 is 1.24 bits per heavy atom. The Hall–Kier alpha value is -1.42. The highest BCUT2D eigenvalue weighted by atomic mass is 32.2. The van der Waals surface area contributed by atoms with Gasteiger partial charge in [0.05, 0.1) is 5.69 Å². The zero-order chi connectivity index (χ0) is 12.4. The van der Waals surface area contributed by atoms with Gasteiger partial charge in [0.15, 0.2) is 5.76 Å². The molecule has 0 unspecified atom stereocenters. The Bertz CT molecular complexity index is 503. The molecule has 90 valence electrons. The highest BCUT2D eigenvalue weighted by molar-refractivity contribution is 7.98.